The summed E-state index contributed by atoms with van der Waals surface area (Å²) in [6, 6.07) is 15.9. The summed E-state index contributed by atoms with van der Waals surface area (Å²) in [5.74, 6) is 0.837. The zero-order valence-corrected chi connectivity index (χ0v) is 18.6. The van der Waals surface area contributed by atoms with Crippen molar-refractivity contribution < 1.29 is 9.84 Å². The topological polar surface area (TPSA) is 113 Å². The first kappa shape index (κ1) is 22.5. The fourth-order valence-corrected chi connectivity index (χ4v) is 3.82. The molecule has 9 nitrogen and oxygen atoms in total. The van der Waals surface area contributed by atoms with Gasteiger partial charge in [-0.15, -0.1) is 0 Å². The summed E-state index contributed by atoms with van der Waals surface area (Å²) < 4.78 is 8.60. The van der Waals surface area contributed by atoms with E-state index in [4.69, 9.17) is 21.6 Å². The molecule has 1 aliphatic rings. The van der Waals surface area contributed by atoms with Crippen LogP contribution in [0.2, 0.25) is 5.02 Å². The van der Waals surface area contributed by atoms with Crippen LogP contribution in [0.1, 0.15) is 17.5 Å². The zero-order chi connectivity index (χ0) is 23.5. The lowest BCUT2D eigenvalue weighted by Crippen LogP contribution is -2.43. The Hall–Kier alpha value is -3.74. The van der Waals surface area contributed by atoms with Gasteiger partial charge >= 0.3 is 5.69 Å². The van der Waals surface area contributed by atoms with Crippen LogP contribution >= 0.6 is 11.6 Å². The van der Waals surface area contributed by atoms with Crippen LogP contribution in [0, 0.1) is 11.3 Å². The minimum atomic E-state index is -0.782. The molecule has 1 aliphatic heterocycles. The summed E-state index contributed by atoms with van der Waals surface area (Å²) in [4.78, 5) is 27.9. The largest absolute Gasteiger partial charge is 0.452 e. The van der Waals surface area contributed by atoms with Gasteiger partial charge in [-0.05, 0) is 48.4 Å². The Kier molecular flexibility index (Phi) is 6.40. The van der Waals surface area contributed by atoms with Crippen molar-refractivity contribution in [3.8, 4) is 11.8 Å². The maximum Gasteiger partial charge on any atom is 0.332 e. The third kappa shape index (κ3) is 4.44. The number of rotatable bonds is 7. The van der Waals surface area contributed by atoms with Crippen molar-refractivity contribution in [3.63, 3.8) is 0 Å². The second-order valence-corrected chi connectivity index (χ2v) is 8.01. The molecular weight excluding hydrogens is 446 g/mol. The average Bonchev–Trinajstić information content (AvgIpc) is 3.17. The summed E-state index contributed by atoms with van der Waals surface area (Å²) in [5.41, 5.74) is 0.734. The molecule has 0 spiro atoms. The van der Waals surface area contributed by atoms with Crippen LogP contribution in [0.25, 0.3) is 0 Å². The number of halogens is 1. The number of hydrogen-bond donors (Lipinski definition) is 2. The second kappa shape index (κ2) is 9.40. The molecule has 2 heterocycles. The van der Waals surface area contributed by atoms with Crippen molar-refractivity contribution >= 4 is 23.1 Å². The molecule has 3 aromatic rings. The molecule has 0 saturated heterocycles. The number of nitrogens with one attached hydrogen (secondary N) is 1. The maximum absolute atomic E-state index is 13.3. The number of nitriles is 1. The van der Waals surface area contributed by atoms with Gasteiger partial charge in [0.05, 0.1) is 11.6 Å². The highest BCUT2D eigenvalue weighted by atomic mass is 35.5. The number of anilines is 2. The van der Waals surface area contributed by atoms with Gasteiger partial charge in [0, 0.05) is 31.8 Å². The van der Waals surface area contributed by atoms with Gasteiger partial charge in [-0.25, -0.2) is 4.79 Å². The van der Waals surface area contributed by atoms with Gasteiger partial charge in [0.25, 0.3) is 11.9 Å². The van der Waals surface area contributed by atoms with E-state index in [-0.39, 0.29) is 19.6 Å². The van der Waals surface area contributed by atoms with E-state index < -0.39 is 17.6 Å². The third-order valence-electron chi connectivity index (χ3n) is 5.39. The van der Waals surface area contributed by atoms with E-state index in [1.54, 1.807) is 48.3 Å². The van der Waals surface area contributed by atoms with Gasteiger partial charge in [0.2, 0.25) is 0 Å². The Morgan fingerprint density at radius 1 is 1.15 bits per heavy atom. The van der Waals surface area contributed by atoms with E-state index >= 15 is 0 Å². The summed E-state index contributed by atoms with van der Waals surface area (Å²) in [5, 5.41) is 21.9. The number of aliphatic hydroxyl groups excluding tert-OH is 1. The number of benzene rings is 2. The molecule has 1 atom stereocenters. The molecule has 1 unspecified atom stereocenters. The smallest absolute Gasteiger partial charge is 0.332 e. The molecular formula is C23H22ClN5O4. The van der Waals surface area contributed by atoms with Crippen molar-refractivity contribution in [1.29, 1.82) is 5.26 Å². The molecule has 10 heteroatoms. The van der Waals surface area contributed by atoms with Gasteiger partial charge in [-0.3, -0.25) is 13.9 Å². The molecule has 2 aromatic carbocycles. The molecule has 33 heavy (non-hydrogen) atoms. The number of aromatic nitrogens is 2. The van der Waals surface area contributed by atoms with Crippen molar-refractivity contribution in [2.24, 2.45) is 7.05 Å². The monoisotopic (exact) mass is 467 g/mol. The molecule has 0 saturated carbocycles. The number of fused-ring (bicyclic) bond motifs is 1. The Bertz CT molecular complexity index is 1310. The van der Waals surface area contributed by atoms with Crippen molar-refractivity contribution in [1.82, 2.24) is 9.13 Å². The van der Waals surface area contributed by atoms with Gasteiger partial charge < -0.3 is 20.1 Å². The summed E-state index contributed by atoms with van der Waals surface area (Å²) in [7, 11) is 1.58. The van der Waals surface area contributed by atoms with Gasteiger partial charge in [-0.2, -0.15) is 5.26 Å². The standard InChI is InChI=1S/C23H22ClN5O4/c1-27-20-19(21(31)28(23(27)32)11-2-12-30)29(14-16-3-7-17(24)8-4-16)22(26-20)33-18-9-5-15(13-25)6-10-18/h3-10,22,26,30H,2,11-12,14H2,1H3. The number of ether oxygens (including phenoxy) is 1. The first-order valence-electron chi connectivity index (χ1n) is 10.3. The summed E-state index contributed by atoms with van der Waals surface area (Å²) >= 11 is 6.02. The van der Waals surface area contributed by atoms with E-state index in [9.17, 15) is 14.7 Å². The van der Waals surface area contributed by atoms with Crippen LogP contribution in [0.15, 0.2) is 58.1 Å². The van der Waals surface area contributed by atoms with Gasteiger partial charge in [-0.1, -0.05) is 23.7 Å². The van der Waals surface area contributed by atoms with E-state index in [0.29, 0.717) is 34.4 Å². The van der Waals surface area contributed by atoms with Gasteiger partial charge in [0.1, 0.15) is 17.3 Å². The predicted molar refractivity (Wildman–Crippen MR) is 124 cm³/mol. The fraction of sp³-hybridized carbons (Fsp3) is 0.261. The average molecular weight is 468 g/mol. The number of nitrogens with zero attached hydrogens (tertiary/aromatic N) is 4. The third-order valence-corrected chi connectivity index (χ3v) is 5.64. The Morgan fingerprint density at radius 3 is 2.48 bits per heavy atom. The van der Waals surface area contributed by atoms with E-state index in [2.05, 4.69) is 11.4 Å². The highest BCUT2D eigenvalue weighted by Crippen LogP contribution is 2.33. The number of aliphatic hydroxyl groups is 1. The minimum Gasteiger partial charge on any atom is -0.452 e. The highest BCUT2D eigenvalue weighted by molar-refractivity contribution is 6.30. The van der Waals surface area contributed by atoms with E-state index in [0.717, 1.165) is 10.1 Å². The Balaban J connectivity index is 1.77. The molecule has 1 aromatic heterocycles. The van der Waals surface area contributed by atoms with Crippen molar-refractivity contribution in [2.45, 2.75) is 25.9 Å². The molecule has 170 valence electrons. The SMILES string of the molecule is Cn1c2c(c(=O)n(CCCO)c1=O)N(Cc1ccc(Cl)cc1)C(Oc1ccc(C#N)cc1)N2. The lowest BCUT2D eigenvalue weighted by Gasteiger charge is -2.26. The van der Waals surface area contributed by atoms with Crippen LogP contribution in [0.5, 0.6) is 5.75 Å². The fourth-order valence-electron chi connectivity index (χ4n) is 3.69. The van der Waals surface area contributed by atoms with Gasteiger partial charge in [0.15, 0.2) is 0 Å². The van der Waals surface area contributed by atoms with Crippen LogP contribution in [-0.2, 0) is 20.1 Å². The zero-order valence-electron chi connectivity index (χ0n) is 17.9. The lowest BCUT2D eigenvalue weighted by molar-refractivity contribution is 0.228. The van der Waals surface area contributed by atoms with Crippen molar-refractivity contribution in [2.75, 3.05) is 16.8 Å². The first-order valence-corrected chi connectivity index (χ1v) is 10.7. The molecule has 0 radical (unpaired) electrons. The summed E-state index contributed by atoms with van der Waals surface area (Å²) in [6.07, 6.45) is -0.500. The van der Waals surface area contributed by atoms with Crippen LogP contribution in [-0.4, -0.2) is 27.2 Å². The first-order chi connectivity index (χ1) is 15.9. The molecule has 0 bridgehead atoms. The van der Waals surface area contributed by atoms with Crippen molar-refractivity contribution in [3.05, 3.63) is 85.5 Å². The Labute approximate surface area is 194 Å². The summed E-state index contributed by atoms with van der Waals surface area (Å²) in [6.45, 7) is 0.278. The van der Waals surface area contributed by atoms with Crippen LogP contribution < -0.4 is 26.2 Å². The minimum absolute atomic E-state index is 0.102. The molecule has 4 rings (SSSR count). The van der Waals surface area contributed by atoms with E-state index in [1.807, 2.05) is 12.1 Å². The quantitative estimate of drug-likeness (QED) is 0.548. The Morgan fingerprint density at radius 2 is 1.85 bits per heavy atom. The lowest BCUT2D eigenvalue weighted by atomic mass is 10.2. The second-order valence-electron chi connectivity index (χ2n) is 7.58. The van der Waals surface area contributed by atoms with Crippen LogP contribution in [0.4, 0.5) is 11.5 Å². The normalized spacial score (nSPS) is 14.5. The van der Waals surface area contributed by atoms with Crippen LogP contribution in [0.3, 0.4) is 0 Å². The molecule has 0 amide bonds. The molecule has 0 fully saturated rings. The predicted octanol–water partition coefficient (Wildman–Crippen LogP) is 2.25. The highest BCUT2D eigenvalue weighted by Gasteiger charge is 2.36. The van der Waals surface area contributed by atoms with E-state index in [1.165, 1.54) is 4.57 Å². The molecule has 0 aliphatic carbocycles. The maximum atomic E-state index is 13.3. The molecule has 2 N–H and O–H groups in total. The number of hydrogen-bond acceptors (Lipinski definition) is 7.